The topological polar surface area (TPSA) is 42.2 Å². The van der Waals surface area contributed by atoms with E-state index in [-0.39, 0.29) is 5.63 Å². The van der Waals surface area contributed by atoms with E-state index in [0.717, 1.165) is 27.8 Å². The second-order valence-electron chi connectivity index (χ2n) is 5.86. The molecule has 0 saturated heterocycles. The van der Waals surface area contributed by atoms with Crippen molar-refractivity contribution >= 4 is 28.3 Å². The van der Waals surface area contributed by atoms with Crippen LogP contribution in [0.3, 0.4) is 0 Å². The molecule has 0 amide bonds. The molecule has 1 heterocycles. The highest BCUT2D eigenvalue weighted by molar-refractivity contribution is 6.33. The molecular weight excluding hydrogens is 310 g/mol. The number of nitrogens with one attached hydrogen (secondary N) is 1. The fraction of sp³-hybridized carbons (Fsp3) is 0.211. The quantitative estimate of drug-likeness (QED) is 0.689. The zero-order chi connectivity index (χ0) is 16.6. The Bertz CT molecular complexity index is 944. The summed E-state index contributed by atoms with van der Waals surface area (Å²) < 4.78 is 5.32. The van der Waals surface area contributed by atoms with Crippen LogP contribution in [0.25, 0.3) is 11.0 Å². The van der Waals surface area contributed by atoms with E-state index in [9.17, 15) is 4.79 Å². The van der Waals surface area contributed by atoms with Crippen LogP contribution in [0, 0.1) is 20.8 Å². The average molecular weight is 328 g/mol. The molecule has 0 aliphatic heterocycles. The maximum Gasteiger partial charge on any atom is 0.336 e. The summed E-state index contributed by atoms with van der Waals surface area (Å²) in [6.45, 7) is 6.56. The number of hydrogen-bond donors (Lipinski definition) is 1. The van der Waals surface area contributed by atoms with Crippen LogP contribution in [0.2, 0.25) is 5.02 Å². The van der Waals surface area contributed by atoms with E-state index in [1.54, 1.807) is 0 Å². The van der Waals surface area contributed by atoms with Crippen molar-refractivity contribution in [1.29, 1.82) is 0 Å². The molecule has 23 heavy (non-hydrogen) atoms. The van der Waals surface area contributed by atoms with Crippen LogP contribution in [0.4, 0.5) is 5.69 Å². The molecule has 0 radical (unpaired) electrons. The minimum Gasteiger partial charge on any atom is -0.423 e. The molecule has 3 rings (SSSR count). The van der Waals surface area contributed by atoms with Gasteiger partial charge in [-0.05, 0) is 67.3 Å². The van der Waals surface area contributed by atoms with E-state index >= 15 is 0 Å². The summed E-state index contributed by atoms with van der Waals surface area (Å²) in [7, 11) is 0. The molecule has 0 bridgehead atoms. The van der Waals surface area contributed by atoms with Crippen LogP contribution >= 0.6 is 11.6 Å². The van der Waals surface area contributed by atoms with Gasteiger partial charge in [-0.15, -0.1) is 0 Å². The number of aryl methyl sites for hydroxylation is 3. The molecule has 1 aromatic heterocycles. The highest BCUT2D eigenvalue weighted by atomic mass is 35.5. The van der Waals surface area contributed by atoms with Crippen molar-refractivity contribution in [3.05, 3.63) is 74.1 Å². The second kappa shape index (κ2) is 6.09. The summed E-state index contributed by atoms with van der Waals surface area (Å²) in [5.74, 6) is 0. The van der Waals surface area contributed by atoms with Gasteiger partial charge in [0, 0.05) is 18.0 Å². The molecule has 3 nitrogen and oxygen atoms in total. The lowest BCUT2D eigenvalue weighted by Crippen LogP contribution is -2.06. The Morgan fingerprint density at radius 3 is 2.52 bits per heavy atom. The molecule has 4 heteroatoms. The van der Waals surface area contributed by atoms with Crippen LogP contribution < -0.4 is 10.9 Å². The highest BCUT2D eigenvalue weighted by Crippen LogP contribution is 2.25. The molecule has 0 aliphatic rings. The van der Waals surface area contributed by atoms with Crippen LogP contribution in [0.1, 0.15) is 22.3 Å². The van der Waals surface area contributed by atoms with Gasteiger partial charge in [0.05, 0.1) is 10.7 Å². The standard InChI is InChI=1S/C19H18ClNO2/c1-11-4-5-17(16(20)6-11)21-10-14-9-19(22)23-18-8-13(3)12(2)7-15(14)18/h4-9,21H,10H2,1-3H3. The lowest BCUT2D eigenvalue weighted by Gasteiger charge is -2.11. The van der Waals surface area contributed by atoms with Crippen molar-refractivity contribution in [1.82, 2.24) is 0 Å². The van der Waals surface area contributed by atoms with Gasteiger partial charge in [-0.3, -0.25) is 0 Å². The van der Waals surface area contributed by atoms with E-state index < -0.39 is 0 Å². The SMILES string of the molecule is Cc1ccc(NCc2cc(=O)oc3cc(C)c(C)cc23)c(Cl)c1. The summed E-state index contributed by atoms with van der Waals surface area (Å²) in [4.78, 5) is 11.8. The first-order chi connectivity index (χ1) is 10.9. The third kappa shape index (κ3) is 3.25. The van der Waals surface area contributed by atoms with Crippen molar-refractivity contribution < 1.29 is 4.42 Å². The first kappa shape index (κ1) is 15.6. The zero-order valence-corrected chi connectivity index (χ0v) is 14.1. The summed E-state index contributed by atoms with van der Waals surface area (Å²) in [5, 5.41) is 4.92. The molecular formula is C19H18ClNO2. The summed E-state index contributed by atoms with van der Waals surface area (Å²) in [6.07, 6.45) is 0. The summed E-state index contributed by atoms with van der Waals surface area (Å²) in [5.41, 5.74) is 5.41. The van der Waals surface area contributed by atoms with Gasteiger partial charge >= 0.3 is 5.63 Å². The maximum atomic E-state index is 11.8. The summed E-state index contributed by atoms with van der Waals surface area (Å²) >= 11 is 6.25. The molecule has 1 N–H and O–H groups in total. The number of fused-ring (bicyclic) bond motifs is 1. The number of halogens is 1. The molecule has 0 aliphatic carbocycles. The number of benzene rings is 2. The average Bonchev–Trinajstić information content (AvgIpc) is 2.48. The second-order valence-corrected chi connectivity index (χ2v) is 6.27. The summed E-state index contributed by atoms with van der Waals surface area (Å²) in [6, 6.07) is 11.4. The predicted octanol–water partition coefficient (Wildman–Crippen LogP) is 4.98. The maximum absolute atomic E-state index is 11.8. The van der Waals surface area contributed by atoms with Gasteiger partial charge in [0.15, 0.2) is 0 Å². The van der Waals surface area contributed by atoms with E-state index in [1.165, 1.54) is 11.6 Å². The fourth-order valence-electron chi connectivity index (χ4n) is 2.58. The van der Waals surface area contributed by atoms with Crippen molar-refractivity contribution in [3.8, 4) is 0 Å². The molecule has 0 unspecified atom stereocenters. The van der Waals surface area contributed by atoms with Gasteiger partial charge in [-0.2, -0.15) is 0 Å². The Hall–Kier alpha value is -2.26. The van der Waals surface area contributed by atoms with Crippen LogP contribution in [-0.4, -0.2) is 0 Å². The van der Waals surface area contributed by atoms with Gasteiger partial charge in [0.2, 0.25) is 0 Å². The first-order valence-corrected chi connectivity index (χ1v) is 7.86. The van der Waals surface area contributed by atoms with Crippen LogP contribution in [0.5, 0.6) is 0 Å². The predicted molar refractivity (Wildman–Crippen MR) is 95.5 cm³/mol. The molecule has 0 atom stereocenters. The number of anilines is 1. The third-order valence-electron chi connectivity index (χ3n) is 4.04. The van der Waals surface area contributed by atoms with Gasteiger partial charge in [-0.25, -0.2) is 4.79 Å². The Kier molecular flexibility index (Phi) is 4.14. The Labute approximate surface area is 139 Å². The number of rotatable bonds is 3. The Balaban J connectivity index is 1.99. The minimum absolute atomic E-state index is 0.340. The third-order valence-corrected chi connectivity index (χ3v) is 4.35. The lowest BCUT2D eigenvalue weighted by molar-refractivity contribution is 0.559. The van der Waals surface area contributed by atoms with E-state index in [2.05, 4.69) is 11.4 Å². The Morgan fingerprint density at radius 1 is 1.04 bits per heavy atom. The zero-order valence-electron chi connectivity index (χ0n) is 13.4. The lowest BCUT2D eigenvalue weighted by atomic mass is 10.0. The monoisotopic (exact) mass is 327 g/mol. The van der Waals surface area contributed by atoms with E-state index in [0.29, 0.717) is 17.2 Å². The molecule has 118 valence electrons. The molecule has 0 fully saturated rings. The molecule has 0 saturated carbocycles. The van der Waals surface area contributed by atoms with Gasteiger partial charge in [0.1, 0.15) is 5.58 Å². The van der Waals surface area contributed by atoms with Crippen LogP contribution in [-0.2, 0) is 6.54 Å². The number of hydrogen-bond acceptors (Lipinski definition) is 3. The van der Waals surface area contributed by atoms with Crippen molar-refractivity contribution in [2.45, 2.75) is 27.3 Å². The van der Waals surface area contributed by atoms with Crippen LogP contribution in [0.15, 0.2) is 45.6 Å². The van der Waals surface area contributed by atoms with Gasteiger partial charge < -0.3 is 9.73 Å². The fourth-order valence-corrected chi connectivity index (χ4v) is 2.89. The first-order valence-electron chi connectivity index (χ1n) is 7.48. The normalized spacial score (nSPS) is 11.0. The van der Waals surface area contributed by atoms with Crippen molar-refractivity contribution in [3.63, 3.8) is 0 Å². The van der Waals surface area contributed by atoms with Gasteiger partial charge in [0.25, 0.3) is 0 Å². The smallest absolute Gasteiger partial charge is 0.336 e. The highest BCUT2D eigenvalue weighted by Gasteiger charge is 2.08. The Morgan fingerprint density at radius 2 is 1.78 bits per heavy atom. The molecule has 2 aromatic carbocycles. The van der Waals surface area contributed by atoms with Gasteiger partial charge in [-0.1, -0.05) is 17.7 Å². The van der Waals surface area contributed by atoms with Crippen molar-refractivity contribution in [2.24, 2.45) is 0 Å². The van der Waals surface area contributed by atoms with E-state index in [1.807, 2.05) is 45.0 Å². The minimum atomic E-state index is -0.340. The molecule has 0 spiro atoms. The molecule has 3 aromatic rings. The van der Waals surface area contributed by atoms with E-state index in [4.69, 9.17) is 16.0 Å². The van der Waals surface area contributed by atoms with Crippen molar-refractivity contribution in [2.75, 3.05) is 5.32 Å². The largest absolute Gasteiger partial charge is 0.423 e.